The SMILES string of the molecule is CCc1ccc(NC(=O)COC(=O)c2c(OC)cccc2OC)cc1. The van der Waals surface area contributed by atoms with E-state index in [9.17, 15) is 9.59 Å². The smallest absolute Gasteiger partial charge is 0.346 e. The van der Waals surface area contributed by atoms with Crippen LogP contribution in [0.25, 0.3) is 0 Å². The molecule has 1 N–H and O–H groups in total. The molecule has 0 atom stereocenters. The summed E-state index contributed by atoms with van der Waals surface area (Å²) in [6, 6.07) is 12.4. The lowest BCUT2D eigenvalue weighted by molar-refractivity contribution is -0.119. The number of methoxy groups -OCH3 is 2. The Morgan fingerprint density at radius 1 is 0.960 bits per heavy atom. The van der Waals surface area contributed by atoms with Gasteiger partial charge < -0.3 is 19.5 Å². The van der Waals surface area contributed by atoms with Gasteiger partial charge in [0.2, 0.25) is 0 Å². The number of anilines is 1. The molecule has 132 valence electrons. The zero-order valence-corrected chi connectivity index (χ0v) is 14.5. The zero-order chi connectivity index (χ0) is 18.2. The van der Waals surface area contributed by atoms with Crippen LogP contribution in [-0.4, -0.2) is 32.7 Å². The minimum Gasteiger partial charge on any atom is -0.496 e. The van der Waals surface area contributed by atoms with E-state index in [-0.39, 0.29) is 5.56 Å². The van der Waals surface area contributed by atoms with E-state index in [0.29, 0.717) is 17.2 Å². The van der Waals surface area contributed by atoms with E-state index in [1.165, 1.54) is 19.8 Å². The van der Waals surface area contributed by atoms with Crippen molar-refractivity contribution >= 4 is 17.6 Å². The summed E-state index contributed by atoms with van der Waals surface area (Å²) >= 11 is 0. The molecule has 0 aromatic heterocycles. The Morgan fingerprint density at radius 2 is 1.56 bits per heavy atom. The highest BCUT2D eigenvalue weighted by Gasteiger charge is 2.20. The molecule has 0 unspecified atom stereocenters. The Bertz CT molecular complexity index is 718. The normalized spacial score (nSPS) is 10.0. The van der Waals surface area contributed by atoms with Crippen LogP contribution in [0, 0.1) is 0 Å². The van der Waals surface area contributed by atoms with Crippen molar-refractivity contribution in [3.8, 4) is 11.5 Å². The fourth-order valence-corrected chi connectivity index (χ4v) is 2.28. The molecule has 2 rings (SSSR count). The molecule has 6 heteroatoms. The van der Waals surface area contributed by atoms with E-state index >= 15 is 0 Å². The molecule has 25 heavy (non-hydrogen) atoms. The van der Waals surface area contributed by atoms with Gasteiger partial charge in [-0.2, -0.15) is 0 Å². The van der Waals surface area contributed by atoms with Crippen LogP contribution in [0.5, 0.6) is 11.5 Å². The first-order valence-corrected chi connectivity index (χ1v) is 7.86. The van der Waals surface area contributed by atoms with Crippen LogP contribution in [0.2, 0.25) is 0 Å². The number of carbonyl (C=O) groups is 2. The fraction of sp³-hybridized carbons (Fsp3) is 0.263. The number of esters is 1. The van der Waals surface area contributed by atoms with Gasteiger partial charge in [-0.1, -0.05) is 25.1 Å². The molecular formula is C19H21NO5. The van der Waals surface area contributed by atoms with E-state index in [4.69, 9.17) is 14.2 Å². The molecule has 2 aromatic rings. The second-order valence-electron chi connectivity index (χ2n) is 5.21. The lowest BCUT2D eigenvalue weighted by Crippen LogP contribution is -2.21. The van der Waals surface area contributed by atoms with Gasteiger partial charge in [-0.05, 0) is 36.2 Å². The van der Waals surface area contributed by atoms with Crippen molar-refractivity contribution < 1.29 is 23.8 Å². The molecule has 1 amide bonds. The van der Waals surface area contributed by atoms with Crippen LogP contribution >= 0.6 is 0 Å². The summed E-state index contributed by atoms with van der Waals surface area (Å²) in [5.41, 5.74) is 1.97. The number of nitrogens with one attached hydrogen (secondary N) is 1. The van der Waals surface area contributed by atoms with Crippen molar-refractivity contribution in [1.82, 2.24) is 0 Å². The fourth-order valence-electron chi connectivity index (χ4n) is 2.28. The maximum absolute atomic E-state index is 12.3. The Kier molecular flexibility index (Phi) is 6.39. The van der Waals surface area contributed by atoms with Crippen LogP contribution in [0.15, 0.2) is 42.5 Å². The summed E-state index contributed by atoms with van der Waals surface area (Å²) in [4.78, 5) is 24.2. The molecule has 0 spiro atoms. The number of carbonyl (C=O) groups excluding carboxylic acids is 2. The quantitative estimate of drug-likeness (QED) is 0.782. The number of hydrogen-bond acceptors (Lipinski definition) is 5. The van der Waals surface area contributed by atoms with Crippen molar-refractivity contribution in [2.45, 2.75) is 13.3 Å². The molecule has 0 aliphatic heterocycles. The average molecular weight is 343 g/mol. The zero-order valence-electron chi connectivity index (χ0n) is 14.5. The highest BCUT2D eigenvalue weighted by atomic mass is 16.5. The Hall–Kier alpha value is -3.02. The van der Waals surface area contributed by atoms with Crippen molar-refractivity contribution in [2.75, 3.05) is 26.1 Å². The van der Waals surface area contributed by atoms with E-state index < -0.39 is 18.5 Å². The topological polar surface area (TPSA) is 73.9 Å². The van der Waals surface area contributed by atoms with E-state index in [1.54, 1.807) is 18.2 Å². The van der Waals surface area contributed by atoms with E-state index in [1.807, 2.05) is 24.3 Å². The third-order valence-electron chi connectivity index (χ3n) is 3.61. The predicted molar refractivity (Wildman–Crippen MR) is 94.3 cm³/mol. The summed E-state index contributed by atoms with van der Waals surface area (Å²) in [7, 11) is 2.89. The van der Waals surface area contributed by atoms with Gasteiger partial charge in [-0.3, -0.25) is 4.79 Å². The number of ether oxygens (including phenoxy) is 3. The van der Waals surface area contributed by atoms with Gasteiger partial charge in [-0.15, -0.1) is 0 Å². The minimum absolute atomic E-state index is 0.146. The number of hydrogen-bond donors (Lipinski definition) is 1. The van der Waals surface area contributed by atoms with Crippen LogP contribution in [0.4, 0.5) is 5.69 Å². The first-order chi connectivity index (χ1) is 12.1. The standard InChI is InChI=1S/C19H21NO5/c1-4-13-8-10-14(11-9-13)20-17(21)12-25-19(22)18-15(23-2)6-5-7-16(18)24-3/h5-11H,4,12H2,1-3H3,(H,20,21). The van der Waals surface area contributed by atoms with Gasteiger partial charge in [0.05, 0.1) is 14.2 Å². The van der Waals surface area contributed by atoms with Crippen LogP contribution < -0.4 is 14.8 Å². The van der Waals surface area contributed by atoms with Gasteiger partial charge in [0, 0.05) is 5.69 Å². The lowest BCUT2D eigenvalue weighted by atomic mass is 10.1. The number of amides is 1. The molecule has 0 aliphatic carbocycles. The second kappa shape index (κ2) is 8.73. The Morgan fingerprint density at radius 3 is 2.08 bits per heavy atom. The number of aryl methyl sites for hydroxylation is 1. The highest BCUT2D eigenvalue weighted by Crippen LogP contribution is 2.28. The van der Waals surface area contributed by atoms with Crippen molar-refractivity contribution in [3.05, 3.63) is 53.6 Å². The maximum atomic E-state index is 12.3. The first kappa shape index (κ1) is 18.3. The van der Waals surface area contributed by atoms with Crippen LogP contribution in [0.1, 0.15) is 22.8 Å². The molecule has 0 saturated carbocycles. The van der Waals surface area contributed by atoms with Crippen molar-refractivity contribution in [1.29, 1.82) is 0 Å². The van der Waals surface area contributed by atoms with E-state index in [2.05, 4.69) is 12.2 Å². The molecule has 2 aromatic carbocycles. The van der Waals surface area contributed by atoms with Crippen LogP contribution in [0.3, 0.4) is 0 Å². The van der Waals surface area contributed by atoms with Crippen LogP contribution in [-0.2, 0) is 16.0 Å². The largest absolute Gasteiger partial charge is 0.496 e. The second-order valence-corrected chi connectivity index (χ2v) is 5.21. The lowest BCUT2D eigenvalue weighted by Gasteiger charge is -2.12. The highest BCUT2D eigenvalue weighted by molar-refractivity contribution is 5.98. The Balaban J connectivity index is 1.98. The molecule has 0 heterocycles. The number of benzene rings is 2. The van der Waals surface area contributed by atoms with Gasteiger partial charge in [-0.25, -0.2) is 4.79 Å². The van der Waals surface area contributed by atoms with E-state index in [0.717, 1.165) is 6.42 Å². The summed E-state index contributed by atoms with van der Waals surface area (Å²) in [5.74, 6) is -0.475. The van der Waals surface area contributed by atoms with Gasteiger partial charge >= 0.3 is 5.97 Å². The van der Waals surface area contributed by atoms with Gasteiger partial charge in [0.15, 0.2) is 6.61 Å². The third kappa shape index (κ3) is 4.73. The summed E-state index contributed by atoms with van der Waals surface area (Å²) < 4.78 is 15.4. The summed E-state index contributed by atoms with van der Waals surface area (Å²) in [6.45, 7) is 1.65. The number of rotatable bonds is 7. The van der Waals surface area contributed by atoms with Gasteiger partial charge in [0.1, 0.15) is 17.1 Å². The first-order valence-electron chi connectivity index (χ1n) is 7.86. The molecule has 0 radical (unpaired) electrons. The molecule has 0 saturated heterocycles. The third-order valence-corrected chi connectivity index (χ3v) is 3.61. The predicted octanol–water partition coefficient (Wildman–Crippen LogP) is 3.06. The monoisotopic (exact) mass is 343 g/mol. The average Bonchev–Trinajstić information content (AvgIpc) is 2.65. The van der Waals surface area contributed by atoms with Gasteiger partial charge in [0.25, 0.3) is 5.91 Å². The minimum atomic E-state index is -0.689. The maximum Gasteiger partial charge on any atom is 0.346 e. The molecule has 0 fully saturated rings. The molecule has 0 aliphatic rings. The molecule has 0 bridgehead atoms. The van der Waals surface area contributed by atoms with Crippen molar-refractivity contribution in [3.63, 3.8) is 0 Å². The summed E-state index contributed by atoms with van der Waals surface area (Å²) in [5, 5.41) is 2.68. The Labute approximate surface area is 146 Å². The molecular weight excluding hydrogens is 322 g/mol. The van der Waals surface area contributed by atoms with Crippen molar-refractivity contribution in [2.24, 2.45) is 0 Å². The summed E-state index contributed by atoms with van der Waals surface area (Å²) in [6.07, 6.45) is 0.923. The molecule has 6 nitrogen and oxygen atoms in total.